The lowest BCUT2D eigenvalue weighted by atomic mass is 9.90. The smallest absolute Gasteiger partial charge is 0.114 e. The summed E-state index contributed by atoms with van der Waals surface area (Å²) in [7, 11) is 0. The number of hydrogen-bond acceptors (Lipinski definition) is 5. The van der Waals surface area contributed by atoms with Gasteiger partial charge >= 0.3 is 0 Å². The van der Waals surface area contributed by atoms with E-state index in [0.29, 0.717) is 6.61 Å². The zero-order chi connectivity index (χ0) is 10.1. The van der Waals surface area contributed by atoms with Gasteiger partial charge in [-0.1, -0.05) is 0 Å². The molecule has 1 aromatic heterocycles. The van der Waals surface area contributed by atoms with E-state index in [-0.39, 0.29) is 11.6 Å². The van der Waals surface area contributed by atoms with Crippen molar-refractivity contribution in [1.82, 2.24) is 9.69 Å². The molecule has 1 spiro atoms. The fourth-order valence-corrected chi connectivity index (χ4v) is 3.13. The quantitative estimate of drug-likeness (QED) is 0.774. The largest absolute Gasteiger partial charge is 0.378 e. The fraction of sp³-hybridized carbons (Fsp3) is 0.700. The Morgan fingerprint density at radius 3 is 3.27 bits per heavy atom. The molecule has 2 atom stereocenters. The zero-order valence-corrected chi connectivity index (χ0v) is 9.26. The van der Waals surface area contributed by atoms with E-state index in [1.165, 1.54) is 4.88 Å². The van der Waals surface area contributed by atoms with E-state index in [1.807, 2.05) is 6.20 Å². The highest BCUT2D eigenvalue weighted by molar-refractivity contribution is 7.05. The molecule has 0 saturated carbocycles. The minimum atomic E-state index is -0.148. The number of rotatable bonds is 1. The van der Waals surface area contributed by atoms with Crippen LogP contribution in [0.1, 0.15) is 17.3 Å². The van der Waals surface area contributed by atoms with E-state index >= 15 is 0 Å². The monoisotopic (exact) mass is 226 g/mol. The number of ether oxygens (including phenoxy) is 2. The zero-order valence-electron chi connectivity index (χ0n) is 8.44. The van der Waals surface area contributed by atoms with Crippen LogP contribution < -0.4 is 5.32 Å². The van der Waals surface area contributed by atoms with Gasteiger partial charge in [0, 0.05) is 30.6 Å². The van der Waals surface area contributed by atoms with Gasteiger partial charge in [0.05, 0.1) is 19.3 Å². The standard InChI is InChI=1S/C10H14N2O2S/c1-3-12-15-8(1)9-10(2-5-13-7-10)14-6-4-11-9/h1,3,9,11H,2,4-7H2. The maximum absolute atomic E-state index is 5.95. The van der Waals surface area contributed by atoms with Crippen molar-refractivity contribution in [2.45, 2.75) is 18.1 Å². The molecule has 2 aliphatic rings. The van der Waals surface area contributed by atoms with Gasteiger partial charge in [0.25, 0.3) is 0 Å². The molecule has 5 heteroatoms. The molecule has 0 aromatic carbocycles. The van der Waals surface area contributed by atoms with E-state index in [4.69, 9.17) is 9.47 Å². The van der Waals surface area contributed by atoms with Crippen LogP contribution in [0, 0.1) is 0 Å². The summed E-state index contributed by atoms with van der Waals surface area (Å²) < 4.78 is 15.6. The van der Waals surface area contributed by atoms with Crippen molar-refractivity contribution in [3.63, 3.8) is 0 Å². The molecule has 15 heavy (non-hydrogen) atoms. The summed E-state index contributed by atoms with van der Waals surface area (Å²) in [5.41, 5.74) is -0.148. The van der Waals surface area contributed by atoms with E-state index < -0.39 is 0 Å². The van der Waals surface area contributed by atoms with Crippen LogP contribution >= 0.6 is 11.5 Å². The van der Waals surface area contributed by atoms with Crippen LogP contribution in [0.4, 0.5) is 0 Å². The highest BCUT2D eigenvalue weighted by Gasteiger charge is 2.46. The van der Waals surface area contributed by atoms with Crippen molar-refractivity contribution >= 4 is 11.5 Å². The summed E-state index contributed by atoms with van der Waals surface area (Å²) in [5.74, 6) is 0. The molecular weight excluding hydrogens is 212 g/mol. The maximum Gasteiger partial charge on any atom is 0.114 e. The molecule has 3 heterocycles. The highest BCUT2D eigenvalue weighted by atomic mass is 32.1. The molecule has 2 unspecified atom stereocenters. The highest BCUT2D eigenvalue weighted by Crippen LogP contribution is 2.39. The van der Waals surface area contributed by atoms with Gasteiger partial charge in [-0.15, -0.1) is 0 Å². The lowest BCUT2D eigenvalue weighted by Gasteiger charge is -2.40. The van der Waals surface area contributed by atoms with Gasteiger partial charge in [0.15, 0.2) is 0 Å². The number of aromatic nitrogens is 1. The van der Waals surface area contributed by atoms with Crippen molar-refractivity contribution in [3.05, 3.63) is 17.1 Å². The summed E-state index contributed by atoms with van der Waals surface area (Å²) in [4.78, 5) is 1.25. The number of nitrogens with zero attached hydrogens (tertiary/aromatic N) is 1. The molecule has 2 saturated heterocycles. The Morgan fingerprint density at radius 1 is 1.53 bits per heavy atom. The predicted octanol–water partition coefficient (Wildman–Crippen LogP) is 0.963. The van der Waals surface area contributed by atoms with Gasteiger partial charge in [0.1, 0.15) is 5.60 Å². The van der Waals surface area contributed by atoms with Gasteiger partial charge in [-0.05, 0) is 17.6 Å². The van der Waals surface area contributed by atoms with Gasteiger partial charge in [-0.25, -0.2) is 4.37 Å². The summed E-state index contributed by atoms with van der Waals surface area (Å²) in [6, 6.07) is 2.32. The topological polar surface area (TPSA) is 43.4 Å². The summed E-state index contributed by atoms with van der Waals surface area (Å²) in [6.07, 6.45) is 2.82. The molecule has 3 rings (SSSR count). The van der Waals surface area contributed by atoms with Crippen LogP contribution in [0.5, 0.6) is 0 Å². The number of morpholine rings is 1. The van der Waals surface area contributed by atoms with Crippen molar-refractivity contribution in [1.29, 1.82) is 0 Å². The minimum absolute atomic E-state index is 0.148. The first-order valence-corrected chi connectivity index (χ1v) is 6.04. The molecule has 0 radical (unpaired) electrons. The lowest BCUT2D eigenvalue weighted by molar-refractivity contribution is -0.0980. The van der Waals surface area contributed by atoms with Crippen LogP contribution in [-0.2, 0) is 9.47 Å². The fourth-order valence-electron chi connectivity index (χ4n) is 2.36. The average Bonchev–Trinajstić information content (AvgIpc) is 2.90. The molecule has 2 aliphatic heterocycles. The molecule has 82 valence electrons. The van der Waals surface area contributed by atoms with Crippen molar-refractivity contribution in [3.8, 4) is 0 Å². The van der Waals surface area contributed by atoms with Crippen LogP contribution in [0.15, 0.2) is 12.3 Å². The van der Waals surface area contributed by atoms with Crippen molar-refractivity contribution < 1.29 is 9.47 Å². The van der Waals surface area contributed by atoms with Crippen LogP contribution in [0.3, 0.4) is 0 Å². The van der Waals surface area contributed by atoms with E-state index in [2.05, 4.69) is 15.8 Å². The Hall–Kier alpha value is -0.490. The average molecular weight is 226 g/mol. The molecule has 1 N–H and O–H groups in total. The molecule has 1 aromatic rings. The SMILES string of the molecule is c1cc(C2NCCOC23CCOC3)sn1. The Balaban J connectivity index is 1.90. The summed E-state index contributed by atoms with van der Waals surface area (Å²) in [6.45, 7) is 3.18. The number of nitrogens with one attached hydrogen (secondary N) is 1. The van der Waals surface area contributed by atoms with Gasteiger partial charge < -0.3 is 14.8 Å². The second kappa shape index (κ2) is 3.83. The van der Waals surface area contributed by atoms with Crippen molar-refractivity contribution in [2.75, 3.05) is 26.4 Å². The first-order chi connectivity index (χ1) is 7.41. The van der Waals surface area contributed by atoms with Crippen LogP contribution in [-0.4, -0.2) is 36.3 Å². The van der Waals surface area contributed by atoms with E-state index in [9.17, 15) is 0 Å². The lowest BCUT2D eigenvalue weighted by Crippen LogP contribution is -2.52. The Kier molecular flexibility index (Phi) is 2.48. The predicted molar refractivity (Wildman–Crippen MR) is 57.0 cm³/mol. The summed E-state index contributed by atoms with van der Waals surface area (Å²) >= 11 is 1.54. The maximum atomic E-state index is 5.95. The Labute approximate surface area is 92.8 Å². The molecular formula is C10H14N2O2S. The second-order valence-corrected chi connectivity index (χ2v) is 4.88. The first-order valence-electron chi connectivity index (χ1n) is 5.26. The third-order valence-corrected chi connectivity index (χ3v) is 3.93. The molecule has 0 amide bonds. The Bertz CT molecular complexity index is 322. The molecule has 0 bridgehead atoms. The van der Waals surface area contributed by atoms with Gasteiger partial charge in [0.2, 0.25) is 0 Å². The minimum Gasteiger partial charge on any atom is -0.378 e. The summed E-state index contributed by atoms with van der Waals surface area (Å²) in [5, 5.41) is 3.52. The normalized spacial score (nSPS) is 36.1. The molecule has 2 fully saturated rings. The second-order valence-electron chi connectivity index (χ2n) is 4.02. The molecule has 0 aliphatic carbocycles. The van der Waals surface area contributed by atoms with Crippen LogP contribution in [0.25, 0.3) is 0 Å². The van der Waals surface area contributed by atoms with E-state index in [0.717, 1.165) is 26.2 Å². The first kappa shape index (κ1) is 9.72. The third kappa shape index (κ3) is 1.59. The Morgan fingerprint density at radius 2 is 2.53 bits per heavy atom. The molecule has 4 nitrogen and oxygen atoms in total. The number of hydrogen-bond donors (Lipinski definition) is 1. The van der Waals surface area contributed by atoms with Crippen molar-refractivity contribution in [2.24, 2.45) is 0 Å². The van der Waals surface area contributed by atoms with Crippen LogP contribution in [0.2, 0.25) is 0 Å². The van der Waals surface area contributed by atoms with Gasteiger partial charge in [-0.3, -0.25) is 0 Å². The van der Waals surface area contributed by atoms with E-state index in [1.54, 1.807) is 11.5 Å². The third-order valence-electron chi connectivity index (χ3n) is 3.12. The van der Waals surface area contributed by atoms with Gasteiger partial charge in [-0.2, -0.15) is 0 Å².